The summed E-state index contributed by atoms with van der Waals surface area (Å²) in [5.74, 6) is -27.8. The van der Waals surface area contributed by atoms with Crippen LogP contribution in [0.4, 0.5) is 48.3 Å². The summed E-state index contributed by atoms with van der Waals surface area (Å²) in [6.07, 6.45) is -9.55. The fourth-order valence-corrected chi connectivity index (χ4v) is 2.66. The van der Waals surface area contributed by atoms with E-state index in [1.165, 1.54) is 12.1 Å². The van der Waals surface area contributed by atoms with Crippen LogP contribution in [0, 0.1) is 0 Å². The van der Waals surface area contributed by atoms with E-state index < -0.39 is 47.5 Å². The number of rotatable bonds is 8. The van der Waals surface area contributed by atoms with Crippen LogP contribution in [0.1, 0.15) is 39.7 Å². The lowest BCUT2D eigenvalue weighted by molar-refractivity contribution is -0.424. The van der Waals surface area contributed by atoms with Gasteiger partial charge in [-0.05, 0) is 45.4 Å². The molecule has 0 aliphatic rings. The van der Waals surface area contributed by atoms with Crippen LogP contribution in [0.2, 0.25) is 0 Å². The van der Waals surface area contributed by atoms with Crippen molar-refractivity contribution in [2.45, 2.75) is 75.2 Å². The zero-order valence-electron chi connectivity index (χ0n) is 17.5. The largest absolute Gasteiger partial charge is 0.488 e. The highest BCUT2D eigenvalue weighted by molar-refractivity contribution is 5.31. The van der Waals surface area contributed by atoms with E-state index in [9.17, 15) is 48.3 Å². The van der Waals surface area contributed by atoms with Crippen LogP contribution in [0.5, 0.6) is 5.75 Å². The molecule has 32 heavy (non-hydrogen) atoms. The average Bonchev–Trinajstić information content (AvgIpc) is 2.58. The number of hydrogen-bond donors (Lipinski definition) is 0. The summed E-state index contributed by atoms with van der Waals surface area (Å²) in [5.41, 5.74) is -3.42. The van der Waals surface area contributed by atoms with E-state index in [2.05, 4.69) is 0 Å². The molecule has 0 amide bonds. The molecular formula is C19H21F11O2. The minimum atomic E-state index is -7.46. The molecule has 1 aromatic carbocycles. The van der Waals surface area contributed by atoms with Gasteiger partial charge in [0.05, 0.1) is 12.0 Å². The molecule has 0 spiro atoms. The molecule has 1 atom stereocenters. The molecule has 0 heterocycles. The second kappa shape index (κ2) is 8.21. The van der Waals surface area contributed by atoms with E-state index in [1.54, 1.807) is 20.8 Å². The fourth-order valence-electron chi connectivity index (χ4n) is 2.66. The topological polar surface area (TPSA) is 18.5 Å². The molecule has 1 unspecified atom stereocenters. The number of methoxy groups -OCH3 is 1. The van der Waals surface area contributed by atoms with Gasteiger partial charge in [-0.25, -0.2) is 0 Å². The summed E-state index contributed by atoms with van der Waals surface area (Å²) in [6, 6.07) is 4.59. The first-order valence-electron chi connectivity index (χ1n) is 8.88. The Morgan fingerprint density at radius 2 is 1.09 bits per heavy atom. The van der Waals surface area contributed by atoms with Crippen molar-refractivity contribution < 1.29 is 57.8 Å². The predicted molar refractivity (Wildman–Crippen MR) is 91.6 cm³/mol. The van der Waals surface area contributed by atoms with Gasteiger partial charge in [0.25, 0.3) is 0 Å². The maximum Gasteiger partial charge on any atom is 0.460 e. The monoisotopic (exact) mass is 490 g/mol. The quantitative estimate of drug-likeness (QED) is 0.359. The van der Waals surface area contributed by atoms with Crippen LogP contribution in [-0.2, 0) is 10.3 Å². The first-order chi connectivity index (χ1) is 14.0. The Hall–Kier alpha value is -1.79. The highest BCUT2D eigenvalue weighted by atomic mass is 19.4. The lowest BCUT2D eigenvalue weighted by atomic mass is 9.85. The molecule has 2 nitrogen and oxygen atoms in total. The van der Waals surface area contributed by atoms with Gasteiger partial charge >= 0.3 is 29.9 Å². The van der Waals surface area contributed by atoms with Crippen LogP contribution >= 0.6 is 0 Å². The highest BCUT2D eigenvalue weighted by Crippen LogP contribution is 2.59. The van der Waals surface area contributed by atoms with Crippen LogP contribution in [-0.4, -0.2) is 42.6 Å². The minimum absolute atomic E-state index is 0.216. The van der Waals surface area contributed by atoms with Crippen molar-refractivity contribution in [3.8, 4) is 5.75 Å². The summed E-state index contributed by atoms with van der Waals surface area (Å²) >= 11 is 0. The molecule has 0 bridgehead atoms. The van der Waals surface area contributed by atoms with Crippen molar-refractivity contribution in [3.63, 3.8) is 0 Å². The van der Waals surface area contributed by atoms with Gasteiger partial charge in [0, 0.05) is 7.11 Å². The number of hydrogen-bond acceptors (Lipinski definition) is 2. The fraction of sp³-hybridized carbons (Fsp3) is 0.684. The maximum atomic E-state index is 14.2. The SMILES string of the molecule is COC(C)(CC(F)(F)C(F)(F)C(F)(F)C(F)(F)C(F)(F)F)c1ccc(OC(C)(C)C)cc1. The highest BCUT2D eigenvalue weighted by Gasteiger charge is 2.87. The van der Waals surface area contributed by atoms with Crippen molar-refractivity contribution in [1.29, 1.82) is 0 Å². The van der Waals surface area contributed by atoms with Crippen molar-refractivity contribution in [1.82, 2.24) is 0 Å². The molecular weight excluding hydrogens is 469 g/mol. The number of halogens is 11. The zero-order chi connectivity index (χ0) is 25.6. The Morgan fingerprint density at radius 3 is 1.44 bits per heavy atom. The summed E-state index contributed by atoms with van der Waals surface area (Å²) < 4.78 is 156. The van der Waals surface area contributed by atoms with Crippen molar-refractivity contribution in [3.05, 3.63) is 29.8 Å². The lowest BCUT2D eigenvalue weighted by Crippen LogP contribution is -2.67. The van der Waals surface area contributed by atoms with Gasteiger partial charge in [0.1, 0.15) is 11.4 Å². The smallest absolute Gasteiger partial charge is 0.460 e. The number of ether oxygens (including phenoxy) is 2. The predicted octanol–water partition coefficient (Wildman–Crippen LogP) is 7.22. The van der Waals surface area contributed by atoms with Crippen molar-refractivity contribution in [2.75, 3.05) is 7.11 Å². The molecule has 0 saturated carbocycles. The van der Waals surface area contributed by atoms with Gasteiger partial charge in [-0.15, -0.1) is 0 Å². The third-order valence-electron chi connectivity index (χ3n) is 4.50. The van der Waals surface area contributed by atoms with Gasteiger partial charge in [-0.3, -0.25) is 0 Å². The Labute approximate surface area is 176 Å². The summed E-state index contributed by atoms with van der Waals surface area (Å²) in [7, 11) is 0.746. The molecule has 0 N–H and O–H groups in total. The second-order valence-electron chi connectivity index (χ2n) is 8.28. The minimum Gasteiger partial charge on any atom is -0.488 e. The van der Waals surface area contributed by atoms with Gasteiger partial charge in [-0.1, -0.05) is 12.1 Å². The van der Waals surface area contributed by atoms with E-state index in [0.717, 1.165) is 26.2 Å². The van der Waals surface area contributed by atoms with Crippen LogP contribution < -0.4 is 4.74 Å². The Morgan fingerprint density at radius 1 is 0.656 bits per heavy atom. The van der Waals surface area contributed by atoms with E-state index in [0.29, 0.717) is 0 Å². The molecule has 0 radical (unpaired) electrons. The van der Waals surface area contributed by atoms with E-state index in [1.807, 2.05) is 0 Å². The molecule has 1 aromatic rings. The van der Waals surface area contributed by atoms with E-state index in [4.69, 9.17) is 9.47 Å². The average molecular weight is 490 g/mol. The van der Waals surface area contributed by atoms with Crippen LogP contribution in [0.3, 0.4) is 0 Å². The molecule has 186 valence electrons. The molecule has 0 fully saturated rings. The molecule has 13 heteroatoms. The van der Waals surface area contributed by atoms with E-state index >= 15 is 0 Å². The number of benzene rings is 1. The van der Waals surface area contributed by atoms with Crippen LogP contribution in [0.15, 0.2) is 24.3 Å². The summed E-state index contributed by atoms with van der Waals surface area (Å²) in [5, 5.41) is 0. The third kappa shape index (κ3) is 5.07. The van der Waals surface area contributed by atoms with Gasteiger partial charge in [-0.2, -0.15) is 48.3 Å². The van der Waals surface area contributed by atoms with Gasteiger partial charge < -0.3 is 9.47 Å². The summed E-state index contributed by atoms with van der Waals surface area (Å²) in [4.78, 5) is 0. The third-order valence-corrected chi connectivity index (χ3v) is 4.50. The first-order valence-corrected chi connectivity index (χ1v) is 8.88. The van der Waals surface area contributed by atoms with Gasteiger partial charge in [0.15, 0.2) is 0 Å². The number of alkyl halides is 11. The maximum absolute atomic E-state index is 14.2. The lowest BCUT2D eigenvalue weighted by Gasteiger charge is -2.40. The second-order valence-corrected chi connectivity index (χ2v) is 8.28. The Balaban J connectivity index is 3.35. The zero-order valence-corrected chi connectivity index (χ0v) is 17.5. The van der Waals surface area contributed by atoms with E-state index in [-0.39, 0.29) is 11.3 Å². The molecule has 0 aliphatic carbocycles. The Kier molecular flexibility index (Phi) is 7.25. The van der Waals surface area contributed by atoms with Crippen molar-refractivity contribution in [2.24, 2.45) is 0 Å². The standard InChI is InChI=1S/C19H21F11O2/c1-13(2,3)32-12-8-6-11(7-9-12)14(4,31-5)10-15(20,21)16(22,23)17(24,25)18(26,27)19(28,29)30/h6-9H,10H2,1-5H3. The Bertz CT molecular complexity index is 780. The molecule has 1 rings (SSSR count). The molecule has 0 aromatic heterocycles. The van der Waals surface area contributed by atoms with Crippen LogP contribution in [0.25, 0.3) is 0 Å². The normalized spacial score (nSPS) is 16.6. The molecule has 0 saturated heterocycles. The molecule has 0 aliphatic heterocycles. The first kappa shape index (κ1) is 28.2. The van der Waals surface area contributed by atoms with Crippen molar-refractivity contribution >= 4 is 0 Å². The summed E-state index contributed by atoms with van der Waals surface area (Å²) in [6.45, 7) is 5.80. The van der Waals surface area contributed by atoms with Gasteiger partial charge in [0.2, 0.25) is 0 Å².